The Hall–Kier alpha value is -0.310. The van der Waals surface area contributed by atoms with E-state index in [1.54, 1.807) is 11.3 Å². The highest BCUT2D eigenvalue weighted by molar-refractivity contribution is 7.17. The first kappa shape index (κ1) is 11.8. The lowest BCUT2D eigenvalue weighted by molar-refractivity contribution is 0.623. The molecule has 3 heteroatoms. The van der Waals surface area contributed by atoms with Crippen molar-refractivity contribution in [1.82, 2.24) is 5.32 Å². The lowest BCUT2D eigenvalue weighted by Crippen LogP contribution is -2.24. The van der Waals surface area contributed by atoms with Gasteiger partial charge in [-0.25, -0.2) is 0 Å². The summed E-state index contributed by atoms with van der Waals surface area (Å²) < 4.78 is 0.848. The predicted octanol–water partition coefficient (Wildman–Crippen LogP) is 3.80. The molecule has 0 radical (unpaired) electrons. The lowest BCUT2D eigenvalue weighted by Gasteiger charge is -2.07. The van der Waals surface area contributed by atoms with E-state index in [0.717, 1.165) is 10.9 Å². The minimum absolute atomic E-state index is 0.533. The van der Waals surface area contributed by atoms with Gasteiger partial charge in [0.15, 0.2) is 0 Å². The van der Waals surface area contributed by atoms with E-state index in [0.29, 0.717) is 6.04 Å². The summed E-state index contributed by atoms with van der Waals surface area (Å²) in [6, 6.07) is 4.51. The molecule has 1 nitrogen and oxygen atoms in total. The molecule has 0 spiro atoms. The zero-order chi connectivity index (χ0) is 10.6. The molecule has 0 aliphatic heterocycles. The summed E-state index contributed by atoms with van der Waals surface area (Å²) >= 11 is 7.46. The Labute approximate surface area is 94.8 Å². The fourth-order valence-electron chi connectivity index (χ4n) is 1.06. The van der Waals surface area contributed by atoms with Crippen molar-refractivity contribution in [2.45, 2.75) is 26.8 Å². The van der Waals surface area contributed by atoms with Crippen LogP contribution in [-0.4, -0.2) is 12.6 Å². The molecular weight excluding hydrogens is 214 g/mol. The van der Waals surface area contributed by atoms with Crippen LogP contribution in [0.4, 0.5) is 0 Å². The maximum Gasteiger partial charge on any atom is 0.0934 e. The molecule has 1 aromatic heterocycles. The highest BCUT2D eigenvalue weighted by Crippen LogP contribution is 2.23. The largest absolute Gasteiger partial charge is 0.311 e. The average molecular weight is 230 g/mol. The molecule has 0 aliphatic rings. The highest BCUT2D eigenvalue weighted by Gasteiger charge is 1.96. The Kier molecular flexibility index (Phi) is 4.66. The molecular formula is C11H16ClNS. The fourth-order valence-corrected chi connectivity index (χ4v) is 2.15. The van der Waals surface area contributed by atoms with Gasteiger partial charge in [-0.1, -0.05) is 31.0 Å². The molecule has 1 heterocycles. The summed E-state index contributed by atoms with van der Waals surface area (Å²) in [5.41, 5.74) is 1.33. The van der Waals surface area contributed by atoms with Gasteiger partial charge in [0.2, 0.25) is 0 Å². The molecule has 0 unspecified atom stereocenters. The number of rotatable bonds is 4. The summed E-state index contributed by atoms with van der Waals surface area (Å²) in [5, 5.41) is 3.38. The third kappa shape index (κ3) is 4.27. The lowest BCUT2D eigenvalue weighted by atomic mass is 10.2. The van der Waals surface area contributed by atoms with Crippen LogP contribution in [0.1, 0.15) is 25.6 Å². The summed E-state index contributed by atoms with van der Waals surface area (Å²) in [7, 11) is 0. The molecule has 0 bridgehead atoms. The molecule has 0 amide bonds. The van der Waals surface area contributed by atoms with E-state index in [-0.39, 0.29) is 0 Å². The molecule has 0 saturated heterocycles. The van der Waals surface area contributed by atoms with Gasteiger partial charge >= 0.3 is 0 Å². The zero-order valence-corrected chi connectivity index (χ0v) is 10.4. The van der Waals surface area contributed by atoms with E-state index >= 15 is 0 Å². The Morgan fingerprint density at radius 3 is 2.79 bits per heavy atom. The molecule has 0 aromatic carbocycles. The van der Waals surface area contributed by atoms with Gasteiger partial charge in [-0.3, -0.25) is 0 Å². The quantitative estimate of drug-likeness (QED) is 0.828. The Morgan fingerprint density at radius 2 is 2.29 bits per heavy atom. The highest BCUT2D eigenvalue weighted by atomic mass is 35.5. The van der Waals surface area contributed by atoms with Crippen LogP contribution in [0.3, 0.4) is 0 Å². The van der Waals surface area contributed by atoms with Gasteiger partial charge in [0.1, 0.15) is 0 Å². The molecule has 14 heavy (non-hydrogen) atoms. The second-order valence-electron chi connectivity index (χ2n) is 3.67. The first-order chi connectivity index (χ1) is 6.58. The van der Waals surface area contributed by atoms with Crippen LogP contribution < -0.4 is 5.32 Å². The topological polar surface area (TPSA) is 12.0 Å². The fraction of sp³-hybridized carbons (Fsp3) is 0.455. The van der Waals surface area contributed by atoms with Crippen molar-refractivity contribution in [2.75, 3.05) is 6.54 Å². The minimum Gasteiger partial charge on any atom is -0.311 e. The second-order valence-corrected chi connectivity index (χ2v) is 5.41. The van der Waals surface area contributed by atoms with Crippen molar-refractivity contribution in [3.8, 4) is 0 Å². The van der Waals surface area contributed by atoms with E-state index in [9.17, 15) is 0 Å². The Balaban J connectivity index is 2.51. The molecule has 0 fully saturated rings. The van der Waals surface area contributed by atoms with Crippen LogP contribution in [0, 0.1) is 0 Å². The Bertz CT molecular complexity index is 315. The smallest absolute Gasteiger partial charge is 0.0934 e. The number of thiophene rings is 1. The minimum atomic E-state index is 0.533. The average Bonchev–Trinajstić information content (AvgIpc) is 2.48. The van der Waals surface area contributed by atoms with E-state index in [4.69, 9.17) is 11.6 Å². The number of halogens is 1. The predicted molar refractivity (Wildman–Crippen MR) is 66.1 cm³/mol. The first-order valence-corrected chi connectivity index (χ1v) is 5.93. The van der Waals surface area contributed by atoms with E-state index < -0.39 is 0 Å². The van der Waals surface area contributed by atoms with Crippen molar-refractivity contribution in [2.24, 2.45) is 0 Å². The maximum atomic E-state index is 5.85. The molecule has 1 rings (SSSR count). The SMILES string of the molecule is CC(=Cc1ccc(Cl)s1)CNC(C)C. The molecule has 1 N–H and O–H groups in total. The summed E-state index contributed by atoms with van der Waals surface area (Å²) in [4.78, 5) is 1.22. The van der Waals surface area contributed by atoms with Crippen LogP contribution in [0.5, 0.6) is 0 Å². The molecule has 78 valence electrons. The standard InChI is InChI=1S/C11H16ClNS/c1-8(2)13-7-9(3)6-10-4-5-11(12)14-10/h4-6,8,13H,7H2,1-3H3. The Morgan fingerprint density at radius 1 is 1.57 bits per heavy atom. The number of hydrogen-bond donors (Lipinski definition) is 1. The molecule has 0 aliphatic carbocycles. The molecule has 1 aromatic rings. The van der Waals surface area contributed by atoms with Gasteiger partial charge in [-0.15, -0.1) is 11.3 Å². The summed E-state index contributed by atoms with van der Waals surface area (Å²) in [6.07, 6.45) is 2.17. The van der Waals surface area contributed by atoms with Gasteiger partial charge in [-0.05, 0) is 25.1 Å². The zero-order valence-electron chi connectivity index (χ0n) is 8.80. The maximum absolute atomic E-state index is 5.85. The van der Waals surface area contributed by atoms with Crippen LogP contribution >= 0.6 is 22.9 Å². The van der Waals surface area contributed by atoms with Gasteiger partial charge in [0, 0.05) is 17.5 Å². The van der Waals surface area contributed by atoms with E-state index in [1.807, 2.05) is 12.1 Å². The molecule has 0 atom stereocenters. The van der Waals surface area contributed by atoms with Gasteiger partial charge in [0.05, 0.1) is 4.34 Å². The van der Waals surface area contributed by atoms with Crippen molar-refractivity contribution in [3.05, 3.63) is 26.9 Å². The third-order valence-electron chi connectivity index (χ3n) is 1.77. The number of nitrogens with one attached hydrogen (secondary N) is 1. The monoisotopic (exact) mass is 229 g/mol. The van der Waals surface area contributed by atoms with Crippen LogP contribution in [-0.2, 0) is 0 Å². The van der Waals surface area contributed by atoms with Crippen LogP contribution in [0.25, 0.3) is 6.08 Å². The first-order valence-electron chi connectivity index (χ1n) is 4.74. The van der Waals surface area contributed by atoms with E-state index in [1.165, 1.54) is 10.5 Å². The number of hydrogen-bond acceptors (Lipinski definition) is 2. The summed E-state index contributed by atoms with van der Waals surface area (Å²) in [5.74, 6) is 0. The third-order valence-corrected chi connectivity index (χ3v) is 2.95. The van der Waals surface area contributed by atoms with Gasteiger partial charge in [0.25, 0.3) is 0 Å². The van der Waals surface area contributed by atoms with Gasteiger partial charge < -0.3 is 5.32 Å². The van der Waals surface area contributed by atoms with Crippen LogP contribution in [0.15, 0.2) is 17.7 Å². The van der Waals surface area contributed by atoms with E-state index in [2.05, 4.69) is 32.2 Å². The normalized spacial score (nSPS) is 12.5. The van der Waals surface area contributed by atoms with Crippen molar-refractivity contribution < 1.29 is 0 Å². The van der Waals surface area contributed by atoms with Gasteiger partial charge in [-0.2, -0.15) is 0 Å². The molecule has 0 saturated carbocycles. The van der Waals surface area contributed by atoms with Crippen molar-refractivity contribution >= 4 is 29.0 Å². The second kappa shape index (κ2) is 5.54. The summed E-state index contributed by atoms with van der Waals surface area (Å²) in [6.45, 7) is 7.36. The van der Waals surface area contributed by atoms with Crippen LogP contribution in [0.2, 0.25) is 4.34 Å². The van der Waals surface area contributed by atoms with Crippen molar-refractivity contribution in [3.63, 3.8) is 0 Å². The van der Waals surface area contributed by atoms with Crippen molar-refractivity contribution in [1.29, 1.82) is 0 Å².